The Morgan fingerprint density at radius 2 is 1.55 bits per heavy atom. The Kier molecular flexibility index (Phi) is 11.0. The van der Waals surface area contributed by atoms with Crippen LogP contribution in [0.5, 0.6) is 0 Å². The molecule has 0 aliphatic carbocycles. The summed E-state index contributed by atoms with van der Waals surface area (Å²) in [7, 11) is -4.20. The first-order chi connectivity index (χ1) is 19.5. The van der Waals surface area contributed by atoms with Crippen molar-refractivity contribution in [2.24, 2.45) is 0 Å². The number of nitrogens with one attached hydrogen (secondary N) is 1. The third-order valence-electron chi connectivity index (χ3n) is 6.54. The summed E-state index contributed by atoms with van der Waals surface area (Å²) >= 11 is 18.6. The maximum absolute atomic E-state index is 14.2. The number of rotatable bonds is 10. The summed E-state index contributed by atoms with van der Waals surface area (Å²) in [6.07, 6.45) is 0.291. The molecular formula is C31H36Cl3N3O4S. The Labute approximate surface area is 263 Å². The van der Waals surface area contributed by atoms with Crippen molar-refractivity contribution in [3.8, 4) is 0 Å². The van der Waals surface area contributed by atoms with Crippen molar-refractivity contribution in [2.75, 3.05) is 10.8 Å². The molecule has 0 radical (unpaired) electrons. The first-order valence-corrected chi connectivity index (χ1v) is 16.0. The number of hydrogen-bond donors (Lipinski definition) is 1. The molecule has 0 saturated heterocycles. The van der Waals surface area contributed by atoms with Crippen LogP contribution in [0.15, 0.2) is 65.6 Å². The Hall–Kier alpha value is -2.78. The predicted molar refractivity (Wildman–Crippen MR) is 171 cm³/mol. The highest BCUT2D eigenvalue weighted by Gasteiger charge is 2.35. The predicted octanol–water partition coefficient (Wildman–Crippen LogP) is 7.18. The van der Waals surface area contributed by atoms with Gasteiger partial charge in [-0.15, -0.1) is 0 Å². The van der Waals surface area contributed by atoms with Gasteiger partial charge < -0.3 is 10.2 Å². The van der Waals surface area contributed by atoms with Crippen LogP contribution in [0, 0.1) is 13.8 Å². The van der Waals surface area contributed by atoms with Gasteiger partial charge in [-0.2, -0.15) is 0 Å². The van der Waals surface area contributed by atoms with Crippen LogP contribution in [0.3, 0.4) is 0 Å². The van der Waals surface area contributed by atoms with Crippen molar-refractivity contribution < 1.29 is 18.0 Å². The summed E-state index contributed by atoms with van der Waals surface area (Å²) in [4.78, 5) is 29.1. The molecule has 1 atom stereocenters. The lowest BCUT2D eigenvalue weighted by Gasteiger charge is -2.35. The average molecular weight is 653 g/mol. The lowest BCUT2D eigenvalue weighted by molar-refractivity contribution is -0.141. The fourth-order valence-electron chi connectivity index (χ4n) is 4.46. The number of carbonyl (C=O) groups is 2. The number of sulfonamides is 1. The van der Waals surface area contributed by atoms with Gasteiger partial charge in [0, 0.05) is 17.1 Å². The standard InChI is InChI=1S/C31H36Cl3N3O4S/c1-7-27(30(39)35-31(4,5)6)36(18-22-10-14-25(33)26(34)17-22)29(38)19-37(28-15-11-23(32)16-21(28)3)42(40,41)24-12-8-20(2)9-13-24/h8-17,27H,7,18-19H2,1-6H3,(H,35,39)/t27-/m1/s1. The molecule has 0 aliphatic heterocycles. The lowest BCUT2D eigenvalue weighted by atomic mass is 10.1. The van der Waals surface area contributed by atoms with Gasteiger partial charge in [0.15, 0.2) is 0 Å². The molecule has 7 nitrogen and oxygen atoms in total. The van der Waals surface area contributed by atoms with E-state index >= 15 is 0 Å². The first kappa shape index (κ1) is 33.7. The molecule has 0 fully saturated rings. The molecule has 0 aromatic heterocycles. The average Bonchev–Trinajstić information content (AvgIpc) is 2.88. The largest absolute Gasteiger partial charge is 0.350 e. The molecule has 0 saturated carbocycles. The highest BCUT2D eigenvalue weighted by Crippen LogP contribution is 2.30. The second-order valence-corrected chi connectivity index (χ2v) is 14.3. The van der Waals surface area contributed by atoms with Gasteiger partial charge in [0.05, 0.1) is 20.6 Å². The fourth-order valence-corrected chi connectivity index (χ4v) is 6.48. The molecule has 2 amide bonds. The van der Waals surface area contributed by atoms with Crippen molar-refractivity contribution in [3.05, 3.63) is 92.4 Å². The van der Waals surface area contributed by atoms with E-state index in [1.807, 2.05) is 27.7 Å². The minimum Gasteiger partial charge on any atom is -0.350 e. The maximum atomic E-state index is 14.2. The van der Waals surface area contributed by atoms with E-state index < -0.39 is 34.1 Å². The molecule has 0 spiro atoms. The van der Waals surface area contributed by atoms with Gasteiger partial charge in [-0.05, 0) is 94.6 Å². The van der Waals surface area contributed by atoms with E-state index in [2.05, 4.69) is 5.32 Å². The zero-order chi connectivity index (χ0) is 31.4. The van der Waals surface area contributed by atoms with Crippen LogP contribution in [0.4, 0.5) is 5.69 Å². The number of benzene rings is 3. The van der Waals surface area contributed by atoms with Crippen LogP contribution in [-0.4, -0.2) is 43.3 Å². The SMILES string of the molecule is CC[C@H](C(=O)NC(C)(C)C)N(Cc1ccc(Cl)c(Cl)c1)C(=O)CN(c1ccc(Cl)cc1C)S(=O)(=O)c1ccc(C)cc1. The van der Waals surface area contributed by atoms with Gasteiger partial charge in [0.1, 0.15) is 12.6 Å². The van der Waals surface area contributed by atoms with E-state index in [0.717, 1.165) is 9.87 Å². The van der Waals surface area contributed by atoms with Crippen LogP contribution < -0.4 is 9.62 Å². The summed E-state index contributed by atoms with van der Waals surface area (Å²) in [5.74, 6) is -0.920. The molecule has 0 bridgehead atoms. The topological polar surface area (TPSA) is 86.8 Å². The van der Waals surface area contributed by atoms with Crippen molar-refractivity contribution in [1.29, 1.82) is 0 Å². The van der Waals surface area contributed by atoms with Gasteiger partial charge >= 0.3 is 0 Å². The fraction of sp³-hybridized carbons (Fsp3) is 0.355. The molecule has 3 aromatic rings. The zero-order valence-electron chi connectivity index (χ0n) is 24.5. The van der Waals surface area contributed by atoms with Crippen LogP contribution in [-0.2, 0) is 26.2 Å². The van der Waals surface area contributed by atoms with Crippen molar-refractivity contribution in [1.82, 2.24) is 10.2 Å². The number of hydrogen-bond acceptors (Lipinski definition) is 4. The van der Waals surface area contributed by atoms with E-state index in [1.165, 1.54) is 17.0 Å². The first-order valence-electron chi connectivity index (χ1n) is 13.4. The van der Waals surface area contributed by atoms with Crippen LogP contribution in [0.2, 0.25) is 15.1 Å². The smallest absolute Gasteiger partial charge is 0.264 e. The Morgan fingerprint density at radius 3 is 2.10 bits per heavy atom. The zero-order valence-corrected chi connectivity index (χ0v) is 27.6. The molecule has 11 heteroatoms. The van der Waals surface area contributed by atoms with Gasteiger partial charge in [-0.25, -0.2) is 8.42 Å². The lowest BCUT2D eigenvalue weighted by Crippen LogP contribution is -2.55. The quantitative estimate of drug-likeness (QED) is 0.251. The number of anilines is 1. The highest BCUT2D eigenvalue weighted by molar-refractivity contribution is 7.92. The molecule has 3 aromatic carbocycles. The van der Waals surface area contributed by atoms with Gasteiger partial charge in [0.2, 0.25) is 11.8 Å². The van der Waals surface area contributed by atoms with Gasteiger partial charge in [-0.1, -0.05) is 65.5 Å². The van der Waals surface area contributed by atoms with Crippen LogP contribution in [0.1, 0.15) is 50.8 Å². The maximum Gasteiger partial charge on any atom is 0.264 e. The Balaban J connectivity index is 2.12. The van der Waals surface area contributed by atoms with Gasteiger partial charge in [0.25, 0.3) is 10.0 Å². The molecular weight excluding hydrogens is 617 g/mol. The highest BCUT2D eigenvalue weighted by atomic mass is 35.5. The number of amides is 2. The number of carbonyl (C=O) groups excluding carboxylic acids is 2. The summed E-state index contributed by atoms with van der Waals surface area (Å²) < 4.78 is 29.2. The van der Waals surface area contributed by atoms with E-state index in [4.69, 9.17) is 34.8 Å². The number of halogens is 3. The molecule has 42 heavy (non-hydrogen) atoms. The van der Waals surface area contributed by atoms with E-state index in [9.17, 15) is 18.0 Å². The third-order valence-corrected chi connectivity index (χ3v) is 9.28. The second-order valence-electron chi connectivity index (χ2n) is 11.2. The molecule has 3 rings (SSSR count). The minimum atomic E-state index is -4.20. The molecule has 0 heterocycles. The molecule has 0 unspecified atom stereocenters. The van der Waals surface area contributed by atoms with E-state index in [-0.39, 0.29) is 17.3 Å². The molecule has 0 aliphatic rings. The van der Waals surface area contributed by atoms with E-state index in [1.54, 1.807) is 62.4 Å². The summed E-state index contributed by atoms with van der Waals surface area (Å²) in [6, 6.07) is 15.3. The molecule has 1 N–H and O–H groups in total. The minimum absolute atomic E-state index is 0.00378. The summed E-state index contributed by atoms with van der Waals surface area (Å²) in [5.41, 5.74) is 1.84. The van der Waals surface area contributed by atoms with Crippen molar-refractivity contribution in [3.63, 3.8) is 0 Å². The van der Waals surface area contributed by atoms with Crippen LogP contribution >= 0.6 is 34.8 Å². The monoisotopic (exact) mass is 651 g/mol. The van der Waals surface area contributed by atoms with Gasteiger partial charge in [-0.3, -0.25) is 13.9 Å². The van der Waals surface area contributed by atoms with Crippen molar-refractivity contribution in [2.45, 2.75) is 71.0 Å². The van der Waals surface area contributed by atoms with E-state index in [0.29, 0.717) is 38.3 Å². The summed E-state index contributed by atoms with van der Waals surface area (Å²) in [5, 5.41) is 4.03. The van der Waals surface area contributed by atoms with Crippen molar-refractivity contribution >= 4 is 62.3 Å². The molecule has 226 valence electrons. The number of nitrogens with zero attached hydrogens (tertiary/aromatic N) is 2. The number of aryl methyl sites for hydroxylation is 2. The van der Waals surface area contributed by atoms with Crippen LogP contribution in [0.25, 0.3) is 0 Å². The summed E-state index contributed by atoms with van der Waals surface area (Å²) in [6.45, 7) is 10.4. The Bertz CT molecular complexity index is 1550. The Morgan fingerprint density at radius 1 is 0.905 bits per heavy atom. The normalized spacial score (nSPS) is 12.5. The third kappa shape index (κ3) is 8.40. The second kappa shape index (κ2) is 13.7.